The van der Waals surface area contributed by atoms with Crippen molar-refractivity contribution in [3.8, 4) is 33.8 Å². The summed E-state index contributed by atoms with van der Waals surface area (Å²) >= 11 is 0. The van der Waals surface area contributed by atoms with Crippen LogP contribution in [0.25, 0.3) is 22.3 Å². The number of nitrogens with zero attached hydrogens (tertiary/aromatic N) is 1. The Kier molecular flexibility index (Phi) is 10.1. The summed E-state index contributed by atoms with van der Waals surface area (Å²) in [6.45, 7) is 3.58. The van der Waals surface area contributed by atoms with E-state index in [-0.39, 0.29) is 29.0 Å². The average molecular weight is 650 g/mol. The lowest BCUT2D eigenvalue weighted by Gasteiger charge is -2.30. The fraction of sp³-hybridized carbons (Fsp3) is 0.263. The van der Waals surface area contributed by atoms with Gasteiger partial charge in [-0.25, -0.2) is 4.79 Å². The molecule has 248 valence electrons. The van der Waals surface area contributed by atoms with Gasteiger partial charge in [-0.05, 0) is 84.0 Å². The number of phenols is 2. The fourth-order valence-corrected chi connectivity index (χ4v) is 5.88. The highest BCUT2D eigenvalue weighted by molar-refractivity contribution is 5.99. The Hall–Kier alpha value is -5.64. The third-order valence-corrected chi connectivity index (χ3v) is 8.69. The lowest BCUT2D eigenvalue weighted by molar-refractivity contribution is -0.142. The number of phenolic OH excluding ortho intramolecular Hbond substituents is 2. The number of hydrogen-bond donors (Lipinski definition) is 5. The molecular formula is C38H39N3O7. The number of benzene rings is 4. The van der Waals surface area contributed by atoms with E-state index in [2.05, 4.69) is 41.8 Å². The standard InChI is InChI=1S/C38H39N3O7/c1-4-5-6-23-7-10-25(11-8-23)26-12-14-27(15-13-26)37(46)41(3)34-28-16-18-33(43)30(21-28)29-19-24(9-17-32(29)42)20-31(38(47)48)40-35(44)22(2)39-36(34)45/h7-19,21-22,31,34,42-43H,4-6,20H2,1-3H3,(H,39,45)(H,40,44)(H,47,48). The quantitative estimate of drug-likeness (QED) is 0.184. The number of amides is 3. The molecule has 0 radical (unpaired) electrons. The van der Waals surface area contributed by atoms with Crippen molar-refractivity contribution in [1.82, 2.24) is 15.5 Å². The monoisotopic (exact) mass is 649 g/mol. The first kappa shape index (κ1) is 33.7. The number of carbonyl (C=O) groups excluding carboxylic acids is 3. The van der Waals surface area contributed by atoms with E-state index < -0.39 is 41.8 Å². The number of rotatable bonds is 7. The molecule has 48 heavy (non-hydrogen) atoms. The molecule has 4 bridgehead atoms. The summed E-state index contributed by atoms with van der Waals surface area (Å²) in [6.07, 6.45) is 3.16. The van der Waals surface area contributed by atoms with Crippen LogP contribution in [0.2, 0.25) is 0 Å². The SMILES string of the molecule is CCCCc1ccc(-c2ccc(C(=O)N(C)C3C(=O)NC(C)C(=O)NC(C(=O)O)Cc4ccc(O)c(c4)-c4cc3ccc4O)cc2)cc1. The molecule has 5 rings (SSSR count). The van der Waals surface area contributed by atoms with Crippen LogP contribution < -0.4 is 10.6 Å². The number of nitrogens with one attached hydrogen (secondary N) is 2. The Morgan fingerprint density at radius 3 is 2.04 bits per heavy atom. The molecule has 5 N–H and O–H groups in total. The van der Waals surface area contributed by atoms with Gasteiger partial charge in [-0.2, -0.15) is 0 Å². The zero-order valence-electron chi connectivity index (χ0n) is 27.1. The van der Waals surface area contributed by atoms with Crippen LogP contribution in [0.1, 0.15) is 59.8 Å². The highest BCUT2D eigenvalue weighted by Crippen LogP contribution is 2.39. The van der Waals surface area contributed by atoms with Crippen molar-refractivity contribution in [3.05, 3.63) is 107 Å². The molecule has 1 aliphatic rings. The summed E-state index contributed by atoms with van der Waals surface area (Å²) in [5.41, 5.74) is 4.69. The highest BCUT2D eigenvalue weighted by Gasteiger charge is 2.33. The minimum Gasteiger partial charge on any atom is -0.507 e. The van der Waals surface area contributed by atoms with E-state index in [4.69, 9.17) is 0 Å². The van der Waals surface area contributed by atoms with E-state index >= 15 is 0 Å². The first-order valence-electron chi connectivity index (χ1n) is 15.9. The van der Waals surface area contributed by atoms with Gasteiger partial charge in [0, 0.05) is 30.2 Å². The number of unbranched alkanes of at least 4 members (excludes halogenated alkanes) is 1. The number of carboxylic acid groups (broad SMARTS) is 1. The van der Waals surface area contributed by atoms with Gasteiger partial charge in [0.1, 0.15) is 29.6 Å². The zero-order chi connectivity index (χ0) is 34.5. The van der Waals surface area contributed by atoms with Crippen LogP contribution >= 0.6 is 0 Å². The zero-order valence-corrected chi connectivity index (χ0v) is 27.1. The Morgan fingerprint density at radius 2 is 1.42 bits per heavy atom. The van der Waals surface area contributed by atoms with Crippen molar-refractivity contribution in [3.63, 3.8) is 0 Å². The largest absolute Gasteiger partial charge is 0.507 e. The van der Waals surface area contributed by atoms with Crippen LogP contribution in [0.4, 0.5) is 0 Å². The van der Waals surface area contributed by atoms with Gasteiger partial charge in [0.2, 0.25) is 11.8 Å². The molecule has 0 aromatic heterocycles. The van der Waals surface area contributed by atoms with Crippen LogP contribution in [0, 0.1) is 0 Å². The molecule has 3 atom stereocenters. The molecule has 1 aliphatic heterocycles. The summed E-state index contributed by atoms with van der Waals surface area (Å²) in [5.74, 6) is -3.57. The number of aliphatic carboxylic acids is 1. The molecule has 4 aromatic carbocycles. The molecule has 4 aromatic rings. The highest BCUT2D eigenvalue weighted by atomic mass is 16.4. The lowest BCUT2D eigenvalue weighted by Crippen LogP contribution is -2.53. The summed E-state index contributed by atoms with van der Waals surface area (Å²) in [4.78, 5) is 54.1. The maximum absolute atomic E-state index is 13.9. The fourth-order valence-electron chi connectivity index (χ4n) is 5.88. The lowest BCUT2D eigenvalue weighted by atomic mass is 9.93. The second-order valence-corrected chi connectivity index (χ2v) is 12.2. The minimum absolute atomic E-state index is 0.113. The maximum Gasteiger partial charge on any atom is 0.326 e. The third kappa shape index (κ3) is 7.33. The smallest absolute Gasteiger partial charge is 0.326 e. The summed E-state index contributed by atoms with van der Waals surface area (Å²) in [5, 5.41) is 36.5. The Labute approximate surface area is 279 Å². The van der Waals surface area contributed by atoms with E-state index in [1.165, 1.54) is 60.8 Å². The van der Waals surface area contributed by atoms with Gasteiger partial charge in [-0.15, -0.1) is 0 Å². The van der Waals surface area contributed by atoms with Crippen molar-refractivity contribution >= 4 is 23.7 Å². The maximum atomic E-state index is 13.9. The topological polar surface area (TPSA) is 156 Å². The van der Waals surface area contributed by atoms with Gasteiger partial charge in [0.25, 0.3) is 5.91 Å². The molecule has 0 aliphatic carbocycles. The van der Waals surface area contributed by atoms with Crippen LogP contribution in [0.5, 0.6) is 11.5 Å². The number of aryl methyl sites for hydroxylation is 1. The first-order chi connectivity index (χ1) is 23.0. The van der Waals surface area contributed by atoms with Crippen molar-refractivity contribution in [1.29, 1.82) is 0 Å². The molecule has 0 fully saturated rings. The Bertz CT molecular complexity index is 1840. The third-order valence-electron chi connectivity index (χ3n) is 8.69. The molecule has 0 spiro atoms. The number of hydrogen-bond acceptors (Lipinski definition) is 6. The van der Waals surface area contributed by atoms with E-state index in [0.29, 0.717) is 16.7 Å². The predicted octanol–water partition coefficient (Wildman–Crippen LogP) is 5.22. The van der Waals surface area contributed by atoms with Crippen LogP contribution in [-0.2, 0) is 27.2 Å². The van der Waals surface area contributed by atoms with Gasteiger partial charge in [-0.1, -0.05) is 61.9 Å². The molecule has 3 amide bonds. The second kappa shape index (κ2) is 14.4. The van der Waals surface area contributed by atoms with E-state index in [9.17, 15) is 34.5 Å². The molecule has 3 unspecified atom stereocenters. The predicted molar refractivity (Wildman–Crippen MR) is 181 cm³/mol. The summed E-state index contributed by atoms with van der Waals surface area (Å²) < 4.78 is 0. The van der Waals surface area contributed by atoms with Crippen molar-refractivity contribution in [2.45, 2.75) is 57.7 Å². The number of carbonyl (C=O) groups is 4. The van der Waals surface area contributed by atoms with Gasteiger partial charge in [0.15, 0.2) is 0 Å². The number of fused-ring (bicyclic) bond motifs is 5. The van der Waals surface area contributed by atoms with E-state index in [1.54, 1.807) is 12.1 Å². The van der Waals surface area contributed by atoms with Crippen molar-refractivity contribution in [2.24, 2.45) is 0 Å². The number of likely N-dealkylation sites (N-methyl/N-ethyl adjacent to an activating group) is 1. The Balaban J connectivity index is 1.51. The van der Waals surface area contributed by atoms with Gasteiger partial charge in [0.05, 0.1) is 0 Å². The normalized spacial score (nSPS) is 17.9. The Morgan fingerprint density at radius 1 is 0.812 bits per heavy atom. The molecule has 10 nitrogen and oxygen atoms in total. The molecule has 1 heterocycles. The van der Waals surface area contributed by atoms with Gasteiger partial charge < -0.3 is 30.9 Å². The minimum atomic E-state index is -1.33. The van der Waals surface area contributed by atoms with Crippen molar-refractivity contribution < 1.29 is 34.5 Å². The van der Waals surface area contributed by atoms with Crippen molar-refractivity contribution in [2.75, 3.05) is 7.05 Å². The number of aromatic hydroxyl groups is 2. The molecule has 0 saturated heterocycles. The van der Waals surface area contributed by atoms with Crippen LogP contribution in [-0.4, -0.2) is 63.0 Å². The number of carboxylic acids is 1. The van der Waals surface area contributed by atoms with Crippen LogP contribution in [0.3, 0.4) is 0 Å². The molecule has 10 heteroatoms. The van der Waals surface area contributed by atoms with E-state index in [0.717, 1.165) is 30.4 Å². The van der Waals surface area contributed by atoms with Gasteiger partial charge >= 0.3 is 5.97 Å². The first-order valence-corrected chi connectivity index (χ1v) is 15.9. The molecule has 0 saturated carbocycles. The van der Waals surface area contributed by atoms with Gasteiger partial charge in [-0.3, -0.25) is 14.4 Å². The van der Waals surface area contributed by atoms with E-state index in [1.807, 2.05) is 12.1 Å². The summed E-state index contributed by atoms with van der Waals surface area (Å²) in [6, 6.07) is 20.4. The average Bonchev–Trinajstić information content (AvgIpc) is 3.08. The second-order valence-electron chi connectivity index (χ2n) is 12.2. The summed E-state index contributed by atoms with van der Waals surface area (Å²) in [7, 11) is 1.47. The molecular weight excluding hydrogens is 610 g/mol. The van der Waals surface area contributed by atoms with Crippen LogP contribution in [0.15, 0.2) is 84.9 Å².